The van der Waals surface area contributed by atoms with Gasteiger partial charge in [-0.25, -0.2) is 19.7 Å². The monoisotopic (exact) mass is 588 g/mol. The number of piperidine rings is 1. The summed E-state index contributed by atoms with van der Waals surface area (Å²) in [5.74, 6) is 2.75. The fraction of sp³-hybridized carbons (Fsp3) is 0.355. The molecule has 0 bridgehead atoms. The van der Waals surface area contributed by atoms with Gasteiger partial charge in [-0.2, -0.15) is 0 Å². The van der Waals surface area contributed by atoms with Crippen LogP contribution in [-0.4, -0.2) is 53.2 Å². The van der Waals surface area contributed by atoms with Crippen LogP contribution in [0.25, 0.3) is 11.2 Å². The van der Waals surface area contributed by atoms with Crippen LogP contribution in [0.4, 0.5) is 0 Å². The average molecular weight is 589 g/mol. The van der Waals surface area contributed by atoms with Crippen molar-refractivity contribution in [2.75, 3.05) is 13.1 Å². The zero-order chi connectivity index (χ0) is 29.2. The van der Waals surface area contributed by atoms with Crippen molar-refractivity contribution in [2.45, 2.75) is 45.9 Å². The zero-order valence-electron chi connectivity index (χ0n) is 23.7. The summed E-state index contributed by atoms with van der Waals surface area (Å²) in [6.07, 6.45) is 6.55. The van der Waals surface area contributed by atoms with E-state index in [1.807, 2.05) is 59.6 Å². The summed E-state index contributed by atoms with van der Waals surface area (Å²) in [6.45, 7) is 5.38. The highest BCUT2D eigenvalue weighted by Gasteiger charge is 2.24. The van der Waals surface area contributed by atoms with Crippen molar-refractivity contribution in [3.63, 3.8) is 0 Å². The molecular formula is C31H33ClN6O4. The molecule has 1 N–H and O–H groups in total. The van der Waals surface area contributed by atoms with Gasteiger partial charge >= 0.3 is 5.97 Å². The summed E-state index contributed by atoms with van der Waals surface area (Å²) in [7, 11) is 1.94. The van der Waals surface area contributed by atoms with Gasteiger partial charge in [-0.1, -0.05) is 17.7 Å². The molecule has 0 atom stereocenters. The van der Waals surface area contributed by atoms with Crippen LogP contribution in [0.3, 0.4) is 0 Å². The van der Waals surface area contributed by atoms with E-state index in [-0.39, 0.29) is 5.69 Å². The van der Waals surface area contributed by atoms with E-state index in [1.54, 1.807) is 12.4 Å². The number of fused-ring (bicyclic) bond motifs is 1. The number of aromatic nitrogens is 5. The number of carbonyl (C=O) groups is 1. The average Bonchev–Trinajstić information content (AvgIpc) is 3.68. The van der Waals surface area contributed by atoms with Crippen LogP contribution in [0, 0.1) is 12.8 Å². The number of carboxylic acids is 1. The van der Waals surface area contributed by atoms with Gasteiger partial charge in [0.15, 0.2) is 11.3 Å². The molecule has 10 nitrogen and oxygen atoms in total. The summed E-state index contributed by atoms with van der Waals surface area (Å²) in [5.41, 5.74) is 3.35. The minimum atomic E-state index is -1.05. The zero-order valence-corrected chi connectivity index (χ0v) is 24.4. The van der Waals surface area contributed by atoms with E-state index in [9.17, 15) is 9.90 Å². The first-order chi connectivity index (χ1) is 20.3. The SMILES string of the molecule is Cc1ccc(OCc2ccc(CC3CCN(Cc4nc5ccc(C(=O)O)nc5n4Cc4cncn4C)CC3)o2)c(Cl)c1. The Balaban J connectivity index is 1.08. The number of hydrogen-bond donors (Lipinski definition) is 1. The van der Waals surface area contributed by atoms with Gasteiger partial charge in [0.1, 0.15) is 35.2 Å². The predicted molar refractivity (Wildman–Crippen MR) is 158 cm³/mol. The van der Waals surface area contributed by atoms with Gasteiger partial charge in [0.2, 0.25) is 0 Å². The number of pyridine rings is 1. The lowest BCUT2D eigenvalue weighted by molar-refractivity contribution is 0.0691. The minimum Gasteiger partial charge on any atom is -0.484 e. The molecule has 1 aliphatic heterocycles. The van der Waals surface area contributed by atoms with Crippen LogP contribution in [0.5, 0.6) is 5.75 Å². The molecule has 218 valence electrons. The number of furan rings is 1. The molecule has 4 aromatic heterocycles. The number of nitrogens with zero attached hydrogens (tertiary/aromatic N) is 6. The Kier molecular flexibility index (Phi) is 7.99. The van der Waals surface area contributed by atoms with Crippen molar-refractivity contribution in [3.05, 3.63) is 94.3 Å². The Morgan fingerprint density at radius 2 is 1.90 bits per heavy atom. The van der Waals surface area contributed by atoms with E-state index in [0.29, 0.717) is 47.6 Å². The lowest BCUT2D eigenvalue weighted by atomic mass is 9.92. The molecule has 0 amide bonds. The number of imidazole rings is 2. The number of halogens is 1. The lowest BCUT2D eigenvalue weighted by Crippen LogP contribution is -2.34. The highest BCUT2D eigenvalue weighted by molar-refractivity contribution is 6.32. The van der Waals surface area contributed by atoms with E-state index < -0.39 is 5.97 Å². The van der Waals surface area contributed by atoms with Crippen molar-refractivity contribution in [3.8, 4) is 5.75 Å². The number of likely N-dealkylation sites (tertiary alicyclic amines) is 1. The number of aromatic carboxylic acids is 1. The number of hydrogen-bond acceptors (Lipinski definition) is 7. The van der Waals surface area contributed by atoms with E-state index in [4.69, 9.17) is 25.7 Å². The molecule has 6 rings (SSSR count). The van der Waals surface area contributed by atoms with Crippen molar-refractivity contribution in [1.29, 1.82) is 0 Å². The first kappa shape index (κ1) is 28.0. The second kappa shape index (κ2) is 12.0. The molecule has 1 saturated heterocycles. The fourth-order valence-electron chi connectivity index (χ4n) is 5.47. The van der Waals surface area contributed by atoms with Crippen molar-refractivity contribution >= 4 is 28.7 Å². The molecule has 0 spiro atoms. The van der Waals surface area contributed by atoms with Crippen LogP contribution in [0.1, 0.15) is 51.9 Å². The van der Waals surface area contributed by atoms with Crippen LogP contribution < -0.4 is 4.74 Å². The van der Waals surface area contributed by atoms with E-state index in [1.165, 1.54) is 6.07 Å². The fourth-order valence-corrected chi connectivity index (χ4v) is 5.76. The van der Waals surface area contributed by atoms with Gasteiger partial charge in [0.25, 0.3) is 0 Å². The van der Waals surface area contributed by atoms with Crippen LogP contribution in [0.2, 0.25) is 5.02 Å². The van der Waals surface area contributed by atoms with Gasteiger partial charge in [0.05, 0.1) is 30.1 Å². The van der Waals surface area contributed by atoms with E-state index in [2.05, 4.69) is 14.9 Å². The molecule has 5 aromatic rings. The molecule has 11 heteroatoms. The molecule has 5 heterocycles. The normalized spacial score (nSPS) is 14.5. The highest BCUT2D eigenvalue weighted by atomic mass is 35.5. The molecule has 0 aliphatic carbocycles. The Labute approximate surface area is 248 Å². The number of benzene rings is 1. The molecule has 0 saturated carbocycles. The Hall–Kier alpha value is -4.15. The maximum absolute atomic E-state index is 11.6. The maximum Gasteiger partial charge on any atom is 0.354 e. The number of rotatable bonds is 10. The van der Waals surface area contributed by atoms with Gasteiger partial charge in [-0.15, -0.1) is 0 Å². The summed E-state index contributed by atoms with van der Waals surface area (Å²) in [5, 5.41) is 10.1. The van der Waals surface area contributed by atoms with Crippen molar-refractivity contribution in [2.24, 2.45) is 13.0 Å². The summed E-state index contributed by atoms with van der Waals surface area (Å²) >= 11 is 6.28. The standard InChI is InChI=1S/C31H33ClN6O4/c1-20-3-8-28(25(32)13-20)41-18-24-5-4-23(42-24)14-21-9-11-37(12-10-21)17-29-34-26-6-7-27(31(39)40)35-30(26)38(29)16-22-15-33-19-36(22)2/h3-8,13,15,19,21H,9-12,14,16-18H2,1-2H3,(H,39,40). The highest BCUT2D eigenvalue weighted by Crippen LogP contribution is 2.28. The number of carboxylic acid groups (broad SMARTS) is 1. The first-order valence-electron chi connectivity index (χ1n) is 14.1. The van der Waals surface area contributed by atoms with Crippen molar-refractivity contribution in [1.82, 2.24) is 29.0 Å². The van der Waals surface area contributed by atoms with Crippen LogP contribution in [-0.2, 0) is 33.2 Å². The summed E-state index contributed by atoms with van der Waals surface area (Å²) in [4.78, 5) is 27.5. The van der Waals surface area contributed by atoms with Crippen molar-refractivity contribution < 1.29 is 19.1 Å². The predicted octanol–water partition coefficient (Wildman–Crippen LogP) is 5.50. The third kappa shape index (κ3) is 6.19. The Bertz CT molecular complexity index is 1720. The molecule has 42 heavy (non-hydrogen) atoms. The van der Waals surface area contributed by atoms with E-state index in [0.717, 1.165) is 61.0 Å². The largest absolute Gasteiger partial charge is 0.484 e. The number of ether oxygens (including phenoxy) is 1. The second-order valence-corrected chi connectivity index (χ2v) is 11.4. The van der Waals surface area contributed by atoms with E-state index >= 15 is 0 Å². The van der Waals surface area contributed by atoms with Gasteiger partial charge in [0, 0.05) is 19.7 Å². The third-order valence-corrected chi connectivity index (χ3v) is 8.16. The Morgan fingerprint density at radius 1 is 1.10 bits per heavy atom. The summed E-state index contributed by atoms with van der Waals surface area (Å²) in [6, 6.07) is 13.0. The Morgan fingerprint density at radius 3 is 2.64 bits per heavy atom. The quantitative estimate of drug-likeness (QED) is 0.228. The molecule has 1 fully saturated rings. The lowest BCUT2D eigenvalue weighted by Gasteiger charge is -2.31. The van der Waals surface area contributed by atoms with Gasteiger partial charge < -0.3 is 23.4 Å². The smallest absolute Gasteiger partial charge is 0.354 e. The first-order valence-corrected chi connectivity index (χ1v) is 14.4. The molecule has 1 aromatic carbocycles. The minimum absolute atomic E-state index is 0.00705. The molecule has 1 aliphatic rings. The second-order valence-electron chi connectivity index (χ2n) is 11.0. The summed E-state index contributed by atoms with van der Waals surface area (Å²) < 4.78 is 15.9. The number of aryl methyl sites for hydroxylation is 2. The van der Waals surface area contributed by atoms with Gasteiger partial charge in [-0.05, 0) is 80.7 Å². The third-order valence-electron chi connectivity index (χ3n) is 7.86. The van der Waals surface area contributed by atoms with Crippen LogP contribution >= 0.6 is 11.6 Å². The van der Waals surface area contributed by atoms with Crippen LogP contribution in [0.15, 0.2) is 59.4 Å². The van der Waals surface area contributed by atoms with Gasteiger partial charge in [-0.3, -0.25) is 4.90 Å². The molecular weight excluding hydrogens is 556 g/mol. The molecule has 0 unspecified atom stereocenters. The molecule has 0 radical (unpaired) electrons. The maximum atomic E-state index is 11.6. The topological polar surface area (TPSA) is 111 Å².